The van der Waals surface area contributed by atoms with Crippen molar-refractivity contribution in [2.75, 3.05) is 7.11 Å². The molecule has 0 aromatic rings. The lowest BCUT2D eigenvalue weighted by Crippen LogP contribution is -2.34. The maximum absolute atomic E-state index is 11.3. The monoisotopic (exact) mass is 212 g/mol. The molecule has 0 aliphatic heterocycles. The maximum Gasteiger partial charge on any atom is 0.312 e. The van der Waals surface area contributed by atoms with Crippen LogP contribution in [0.5, 0.6) is 0 Å². The molecule has 0 spiro atoms. The number of methoxy groups -OCH3 is 1. The Labute approximate surface area is 91.1 Å². The standard InChI is InChI=1S/C12H20O3/c1-4-10(13)12(2)7-5-9(6-8-12)11(14)15-3/h5,7,9-10,13H,4,6,8H2,1-3H3/t9-,10-,12+/m0/s1. The number of esters is 1. The van der Waals surface area contributed by atoms with Gasteiger partial charge in [-0.15, -0.1) is 0 Å². The van der Waals surface area contributed by atoms with Gasteiger partial charge in [0.15, 0.2) is 0 Å². The Hall–Kier alpha value is -0.830. The van der Waals surface area contributed by atoms with Crippen LogP contribution in [0.4, 0.5) is 0 Å². The molecule has 0 saturated carbocycles. The van der Waals surface area contributed by atoms with E-state index in [0.717, 1.165) is 19.3 Å². The van der Waals surface area contributed by atoms with Crippen LogP contribution in [-0.4, -0.2) is 24.3 Å². The average molecular weight is 212 g/mol. The van der Waals surface area contributed by atoms with Crippen LogP contribution in [0.1, 0.15) is 33.1 Å². The summed E-state index contributed by atoms with van der Waals surface area (Å²) in [5.74, 6) is -0.314. The van der Waals surface area contributed by atoms with Crippen LogP contribution >= 0.6 is 0 Å². The Bertz CT molecular complexity index is 260. The van der Waals surface area contributed by atoms with Gasteiger partial charge in [-0.1, -0.05) is 26.0 Å². The van der Waals surface area contributed by atoms with Crippen molar-refractivity contribution in [2.45, 2.75) is 39.2 Å². The molecule has 15 heavy (non-hydrogen) atoms. The minimum absolute atomic E-state index is 0.132. The number of ether oxygens (including phenoxy) is 1. The first kappa shape index (κ1) is 12.2. The van der Waals surface area contributed by atoms with Gasteiger partial charge < -0.3 is 9.84 Å². The molecule has 0 unspecified atom stereocenters. The number of carbonyl (C=O) groups is 1. The van der Waals surface area contributed by atoms with Crippen molar-refractivity contribution < 1.29 is 14.6 Å². The van der Waals surface area contributed by atoms with E-state index in [4.69, 9.17) is 4.74 Å². The quantitative estimate of drug-likeness (QED) is 0.574. The third kappa shape index (κ3) is 2.59. The van der Waals surface area contributed by atoms with Gasteiger partial charge in [0.2, 0.25) is 0 Å². The summed E-state index contributed by atoms with van der Waals surface area (Å²) in [5.41, 5.74) is -0.181. The molecule has 0 radical (unpaired) electrons. The summed E-state index contributed by atoms with van der Waals surface area (Å²) in [6.45, 7) is 4.00. The van der Waals surface area contributed by atoms with E-state index in [-0.39, 0.29) is 23.4 Å². The number of hydrogen-bond donors (Lipinski definition) is 1. The summed E-state index contributed by atoms with van der Waals surface area (Å²) in [5, 5.41) is 9.86. The summed E-state index contributed by atoms with van der Waals surface area (Å²) in [7, 11) is 1.41. The van der Waals surface area contributed by atoms with E-state index in [9.17, 15) is 9.90 Å². The summed E-state index contributed by atoms with van der Waals surface area (Å²) in [4.78, 5) is 11.3. The summed E-state index contributed by atoms with van der Waals surface area (Å²) in [6.07, 6.45) is 5.84. The van der Waals surface area contributed by atoms with Gasteiger partial charge in [0.05, 0.1) is 19.1 Å². The van der Waals surface area contributed by atoms with Crippen LogP contribution in [0.15, 0.2) is 12.2 Å². The molecule has 86 valence electrons. The zero-order valence-corrected chi connectivity index (χ0v) is 9.69. The fourth-order valence-electron chi connectivity index (χ4n) is 2.07. The second kappa shape index (κ2) is 4.79. The summed E-state index contributed by atoms with van der Waals surface area (Å²) < 4.78 is 4.69. The smallest absolute Gasteiger partial charge is 0.312 e. The van der Waals surface area contributed by atoms with Crippen molar-refractivity contribution >= 4 is 5.97 Å². The predicted molar refractivity (Wildman–Crippen MR) is 58.3 cm³/mol. The highest BCUT2D eigenvalue weighted by molar-refractivity contribution is 5.74. The second-order valence-corrected chi connectivity index (χ2v) is 4.46. The van der Waals surface area contributed by atoms with E-state index in [0.29, 0.717) is 0 Å². The van der Waals surface area contributed by atoms with Crippen LogP contribution in [0.3, 0.4) is 0 Å². The predicted octanol–water partition coefficient (Wildman–Crippen LogP) is 1.90. The van der Waals surface area contributed by atoms with E-state index in [2.05, 4.69) is 0 Å². The fraction of sp³-hybridized carbons (Fsp3) is 0.750. The van der Waals surface area contributed by atoms with Gasteiger partial charge in [0, 0.05) is 5.41 Å². The lowest BCUT2D eigenvalue weighted by molar-refractivity contribution is -0.144. The maximum atomic E-state index is 11.3. The van der Waals surface area contributed by atoms with E-state index in [1.807, 2.05) is 26.0 Å². The van der Waals surface area contributed by atoms with Gasteiger partial charge in [-0.2, -0.15) is 0 Å². The SMILES string of the molecule is CC[C@H](O)[C@]1(C)C=C[C@H](C(=O)OC)CC1. The number of carbonyl (C=O) groups excluding carboxylic acids is 1. The van der Waals surface area contributed by atoms with Crippen LogP contribution in [0.2, 0.25) is 0 Å². The Morgan fingerprint density at radius 2 is 2.40 bits per heavy atom. The topological polar surface area (TPSA) is 46.5 Å². The Morgan fingerprint density at radius 3 is 2.80 bits per heavy atom. The molecule has 0 heterocycles. The molecule has 0 aromatic carbocycles. The third-order valence-corrected chi connectivity index (χ3v) is 3.36. The molecule has 1 N–H and O–H groups in total. The van der Waals surface area contributed by atoms with E-state index >= 15 is 0 Å². The summed E-state index contributed by atoms with van der Waals surface area (Å²) >= 11 is 0. The van der Waals surface area contributed by atoms with Crippen molar-refractivity contribution in [2.24, 2.45) is 11.3 Å². The van der Waals surface area contributed by atoms with Crippen molar-refractivity contribution in [3.8, 4) is 0 Å². The molecule has 0 amide bonds. The van der Waals surface area contributed by atoms with E-state index in [1.165, 1.54) is 7.11 Å². The first-order valence-corrected chi connectivity index (χ1v) is 5.48. The number of hydrogen-bond acceptors (Lipinski definition) is 3. The average Bonchev–Trinajstić information content (AvgIpc) is 2.28. The molecular weight excluding hydrogens is 192 g/mol. The zero-order chi connectivity index (χ0) is 11.5. The molecule has 1 aliphatic rings. The molecule has 3 atom stereocenters. The molecule has 1 aliphatic carbocycles. The van der Waals surface area contributed by atoms with Crippen LogP contribution < -0.4 is 0 Å². The molecule has 0 bridgehead atoms. The van der Waals surface area contributed by atoms with Crippen molar-refractivity contribution in [1.82, 2.24) is 0 Å². The van der Waals surface area contributed by atoms with Crippen molar-refractivity contribution in [3.63, 3.8) is 0 Å². The fourth-order valence-corrected chi connectivity index (χ4v) is 2.07. The van der Waals surface area contributed by atoms with Crippen LogP contribution in [0.25, 0.3) is 0 Å². The molecule has 0 fully saturated rings. The molecule has 0 aromatic heterocycles. The second-order valence-electron chi connectivity index (χ2n) is 4.46. The van der Waals surface area contributed by atoms with Gasteiger partial charge in [-0.25, -0.2) is 0 Å². The van der Waals surface area contributed by atoms with Gasteiger partial charge in [0.1, 0.15) is 0 Å². The molecule has 3 nitrogen and oxygen atoms in total. The zero-order valence-electron chi connectivity index (χ0n) is 9.69. The van der Waals surface area contributed by atoms with E-state index in [1.54, 1.807) is 0 Å². The lowest BCUT2D eigenvalue weighted by Gasteiger charge is -2.35. The first-order chi connectivity index (χ1) is 7.03. The highest BCUT2D eigenvalue weighted by Gasteiger charge is 2.34. The minimum Gasteiger partial charge on any atom is -0.469 e. The highest BCUT2D eigenvalue weighted by atomic mass is 16.5. The first-order valence-electron chi connectivity index (χ1n) is 5.48. The normalized spacial score (nSPS) is 32.4. The van der Waals surface area contributed by atoms with Gasteiger partial charge in [-0.05, 0) is 19.3 Å². The summed E-state index contributed by atoms with van der Waals surface area (Å²) in [6, 6.07) is 0. The molecule has 0 saturated heterocycles. The van der Waals surface area contributed by atoms with Crippen molar-refractivity contribution in [3.05, 3.63) is 12.2 Å². The van der Waals surface area contributed by atoms with Gasteiger partial charge in [-0.3, -0.25) is 4.79 Å². The number of rotatable bonds is 3. The minimum atomic E-state index is -0.327. The van der Waals surface area contributed by atoms with Crippen molar-refractivity contribution in [1.29, 1.82) is 0 Å². The molecule has 1 rings (SSSR count). The highest BCUT2D eigenvalue weighted by Crippen LogP contribution is 2.37. The molecular formula is C12H20O3. The van der Waals surface area contributed by atoms with Gasteiger partial charge >= 0.3 is 5.97 Å². The van der Waals surface area contributed by atoms with Crippen LogP contribution in [-0.2, 0) is 9.53 Å². The Kier molecular flexibility index (Phi) is 3.91. The largest absolute Gasteiger partial charge is 0.469 e. The third-order valence-electron chi connectivity index (χ3n) is 3.36. The van der Waals surface area contributed by atoms with Gasteiger partial charge in [0.25, 0.3) is 0 Å². The lowest BCUT2D eigenvalue weighted by atomic mass is 9.73. The van der Waals surface area contributed by atoms with Crippen LogP contribution in [0, 0.1) is 11.3 Å². The number of aliphatic hydroxyl groups excluding tert-OH is 1. The Morgan fingerprint density at radius 1 is 1.73 bits per heavy atom. The van der Waals surface area contributed by atoms with E-state index < -0.39 is 0 Å². The number of aliphatic hydroxyl groups is 1. The Balaban J connectivity index is 2.68. The molecule has 3 heteroatoms.